The molecule has 0 aliphatic rings. The van der Waals surface area contributed by atoms with Gasteiger partial charge in [0.05, 0.1) is 30.8 Å². The van der Waals surface area contributed by atoms with Crippen LogP contribution in [0.3, 0.4) is 0 Å². The minimum atomic E-state index is -0.210. The second-order valence-corrected chi connectivity index (χ2v) is 5.98. The van der Waals surface area contributed by atoms with Crippen LogP contribution in [-0.4, -0.2) is 33.8 Å². The maximum absolute atomic E-state index is 12.7. The Morgan fingerprint density at radius 3 is 2.56 bits per heavy atom. The van der Waals surface area contributed by atoms with Gasteiger partial charge >= 0.3 is 0 Å². The van der Waals surface area contributed by atoms with Gasteiger partial charge in [0.15, 0.2) is 5.65 Å². The quantitative estimate of drug-likeness (QED) is 0.590. The smallest absolute Gasteiger partial charge is 0.273 e. The molecule has 0 radical (unpaired) electrons. The Kier molecular flexibility index (Phi) is 4.43. The van der Waals surface area contributed by atoms with Crippen molar-refractivity contribution in [1.82, 2.24) is 19.6 Å². The number of hydrogen-bond acceptors (Lipinski definition) is 5. The third-order valence-corrected chi connectivity index (χ3v) is 4.29. The average molecular weight is 362 g/mol. The number of nitrogens with zero attached hydrogens (tertiary/aromatic N) is 3. The van der Waals surface area contributed by atoms with Crippen molar-refractivity contribution in [1.29, 1.82) is 0 Å². The predicted molar refractivity (Wildman–Crippen MR) is 102 cm³/mol. The second-order valence-electron chi connectivity index (χ2n) is 5.98. The standard InChI is InChI=1S/C20H18N4O3/c1-26-12-17-19(13-6-8-14(27-2)9-7-13)20-22-16(11-18(25)24(20)23-17)15-5-3-4-10-21-15/h3-11,23H,12H2,1-2H3. The topological polar surface area (TPSA) is 81.5 Å². The molecular weight excluding hydrogens is 344 g/mol. The van der Waals surface area contributed by atoms with E-state index in [0.29, 0.717) is 23.6 Å². The van der Waals surface area contributed by atoms with E-state index in [1.807, 2.05) is 42.5 Å². The number of H-pyrrole nitrogens is 1. The van der Waals surface area contributed by atoms with E-state index in [4.69, 9.17) is 14.5 Å². The van der Waals surface area contributed by atoms with Gasteiger partial charge in [0.1, 0.15) is 5.75 Å². The average Bonchev–Trinajstić information content (AvgIpc) is 3.08. The van der Waals surface area contributed by atoms with Gasteiger partial charge in [-0.25, -0.2) is 9.50 Å². The van der Waals surface area contributed by atoms with Crippen LogP contribution in [0.25, 0.3) is 28.2 Å². The SMILES string of the molecule is COCc1[nH]n2c(=O)cc(-c3ccccn3)nc2c1-c1ccc(OC)cc1. The molecule has 0 bridgehead atoms. The summed E-state index contributed by atoms with van der Waals surface area (Å²) in [5.74, 6) is 0.756. The summed E-state index contributed by atoms with van der Waals surface area (Å²) in [6.07, 6.45) is 1.68. The molecule has 1 N–H and O–H groups in total. The largest absolute Gasteiger partial charge is 0.497 e. The summed E-state index contributed by atoms with van der Waals surface area (Å²) < 4.78 is 12.0. The first-order chi connectivity index (χ1) is 13.2. The molecule has 7 heteroatoms. The zero-order valence-electron chi connectivity index (χ0n) is 15.0. The number of fused-ring (bicyclic) bond motifs is 1. The lowest BCUT2D eigenvalue weighted by Crippen LogP contribution is -2.14. The number of aromatic amines is 1. The fraction of sp³-hybridized carbons (Fsp3) is 0.150. The Morgan fingerprint density at radius 2 is 1.89 bits per heavy atom. The van der Waals surface area contributed by atoms with Gasteiger partial charge in [0.25, 0.3) is 5.56 Å². The number of pyridine rings is 1. The Morgan fingerprint density at radius 1 is 1.07 bits per heavy atom. The normalized spacial score (nSPS) is 11.0. The van der Waals surface area contributed by atoms with Crippen molar-refractivity contribution in [2.45, 2.75) is 6.61 Å². The van der Waals surface area contributed by atoms with E-state index >= 15 is 0 Å². The predicted octanol–water partition coefficient (Wildman–Crippen LogP) is 2.91. The molecule has 0 aliphatic carbocycles. The Balaban J connectivity index is 1.98. The molecule has 0 saturated heterocycles. The van der Waals surface area contributed by atoms with Crippen LogP contribution >= 0.6 is 0 Å². The Labute approximate surface area is 155 Å². The van der Waals surface area contributed by atoms with Gasteiger partial charge < -0.3 is 9.47 Å². The fourth-order valence-electron chi connectivity index (χ4n) is 3.04. The van der Waals surface area contributed by atoms with E-state index in [2.05, 4.69) is 10.1 Å². The first-order valence-electron chi connectivity index (χ1n) is 8.40. The molecule has 0 unspecified atom stereocenters. The molecule has 4 aromatic rings. The number of rotatable bonds is 5. The zero-order chi connectivity index (χ0) is 18.8. The highest BCUT2D eigenvalue weighted by Gasteiger charge is 2.18. The van der Waals surface area contributed by atoms with Crippen molar-refractivity contribution in [2.24, 2.45) is 0 Å². The van der Waals surface area contributed by atoms with E-state index in [1.165, 1.54) is 10.6 Å². The molecular formula is C20H18N4O3. The highest BCUT2D eigenvalue weighted by atomic mass is 16.5. The number of aromatic nitrogens is 4. The van der Waals surface area contributed by atoms with Gasteiger partial charge in [0, 0.05) is 24.9 Å². The van der Waals surface area contributed by atoms with Crippen molar-refractivity contribution in [3.63, 3.8) is 0 Å². The maximum Gasteiger partial charge on any atom is 0.273 e. The van der Waals surface area contributed by atoms with Crippen LogP contribution in [0.1, 0.15) is 5.69 Å². The minimum absolute atomic E-state index is 0.210. The van der Waals surface area contributed by atoms with Crippen LogP contribution in [0.5, 0.6) is 5.75 Å². The highest BCUT2D eigenvalue weighted by Crippen LogP contribution is 2.30. The number of ether oxygens (including phenoxy) is 2. The van der Waals surface area contributed by atoms with E-state index in [0.717, 1.165) is 22.6 Å². The lowest BCUT2D eigenvalue weighted by Gasteiger charge is -2.05. The molecule has 3 aromatic heterocycles. The minimum Gasteiger partial charge on any atom is -0.497 e. The van der Waals surface area contributed by atoms with Gasteiger partial charge in [-0.15, -0.1) is 0 Å². The van der Waals surface area contributed by atoms with Crippen molar-refractivity contribution in [3.8, 4) is 28.3 Å². The summed E-state index contributed by atoms with van der Waals surface area (Å²) in [6.45, 7) is 0.323. The molecule has 0 amide bonds. The molecule has 4 rings (SSSR count). The number of benzene rings is 1. The molecule has 27 heavy (non-hydrogen) atoms. The summed E-state index contributed by atoms with van der Waals surface area (Å²) in [6, 6.07) is 14.6. The summed E-state index contributed by atoms with van der Waals surface area (Å²) >= 11 is 0. The Hall–Kier alpha value is -3.45. The third kappa shape index (κ3) is 3.09. The molecule has 3 heterocycles. The van der Waals surface area contributed by atoms with E-state index in [1.54, 1.807) is 20.4 Å². The van der Waals surface area contributed by atoms with Crippen molar-refractivity contribution >= 4 is 5.65 Å². The molecule has 0 spiro atoms. The summed E-state index contributed by atoms with van der Waals surface area (Å²) in [7, 11) is 3.23. The van der Waals surface area contributed by atoms with E-state index < -0.39 is 0 Å². The first-order valence-corrected chi connectivity index (χ1v) is 8.40. The van der Waals surface area contributed by atoms with Crippen molar-refractivity contribution in [2.75, 3.05) is 14.2 Å². The third-order valence-electron chi connectivity index (χ3n) is 4.29. The van der Waals surface area contributed by atoms with Crippen LogP contribution in [0.2, 0.25) is 0 Å². The number of methoxy groups -OCH3 is 2. The van der Waals surface area contributed by atoms with E-state index in [9.17, 15) is 4.79 Å². The molecule has 0 atom stereocenters. The monoisotopic (exact) mass is 362 g/mol. The lowest BCUT2D eigenvalue weighted by molar-refractivity contribution is 0.181. The van der Waals surface area contributed by atoms with Crippen LogP contribution < -0.4 is 10.3 Å². The maximum atomic E-state index is 12.7. The molecule has 7 nitrogen and oxygen atoms in total. The summed E-state index contributed by atoms with van der Waals surface area (Å²) in [5.41, 5.74) is 3.98. The fourth-order valence-corrected chi connectivity index (χ4v) is 3.04. The summed E-state index contributed by atoms with van der Waals surface area (Å²) in [5, 5.41) is 3.10. The molecule has 0 fully saturated rings. The van der Waals surface area contributed by atoms with Crippen LogP contribution in [0, 0.1) is 0 Å². The van der Waals surface area contributed by atoms with Gasteiger partial charge in [-0.05, 0) is 29.8 Å². The van der Waals surface area contributed by atoms with Gasteiger partial charge in [-0.3, -0.25) is 14.9 Å². The molecule has 0 aliphatic heterocycles. The molecule has 1 aromatic carbocycles. The first kappa shape index (κ1) is 17.0. The van der Waals surface area contributed by atoms with Crippen LogP contribution in [0.4, 0.5) is 0 Å². The second kappa shape index (κ2) is 7.05. The number of nitrogens with one attached hydrogen (secondary N) is 1. The Bertz CT molecular complexity index is 1130. The van der Waals surface area contributed by atoms with Crippen molar-refractivity contribution in [3.05, 3.63) is 70.8 Å². The van der Waals surface area contributed by atoms with Gasteiger partial charge in [-0.2, -0.15) is 0 Å². The molecule has 0 saturated carbocycles. The van der Waals surface area contributed by atoms with Gasteiger partial charge in [-0.1, -0.05) is 18.2 Å². The van der Waals surface area contributed by atoms with Crippen molar-refractivity contribution < 1.29 is 9.47 Å². The summed E-state index contributed by atoms with van der Waals surface area (Å²) in [4.78, 5) is 21.7. The number of hydrogen-bond donors (Lipinski definition) is 1. The van der Waals surface area contributed by atoms with Crippen LogP contribution in [-0.2, 0) is 11.3 Å². The van der Waals surface area contributed by atoms with Gasteiger partial charge in [0.2, 0.25) is 0 Å². The van der Waals surface area contributed by atoms with Crippen LogP contribution in [0.15, 0.2) is 59.5 Å². The lowest BCUT2D eigenvalue weighted by atomic mass is 10.1. The molecule has 136 valence electrons. The zero-order valence-corrected chi connectivity index (χ0v) is 15.0. The highest BCUT2D eigenvalue weighted by molar-refractivity contribution is 5.81. The van der Waals surface area contributed by atoms with E-state index in [-0.39, 0.29) is 5.56 Å².